The summed E-state index contributed by atoms with van der Waals surface area (Å²) in [5.41, 5.74) is 3.78. The van der Waals surface area contributed by atoms with Crippen molar-refractivity contribution in [1.29, 1.82) is 0 Å². The Hall–Kier alpha value is -2.22. The van der Waals surface area contributed by atoms with E-state index in [1.807, 2.05) is 24.3 Å². The third-order valence-corrected chi connectivity index (χ3v) is 2.44. The molecule has 0 atom stereocenters. The topological polar surface area (TPSA) is 18.5 Å². The van der Waals surface area contributed by atoms with Crippen LogP contribution >= 0.6 is 0 Å². The molecular formula is C16H18O2. The van der Waals surface area contributed by atoms with Crippen LogP contribution in [0.15, 0.2) is 63.1 Å². The standard InChI is InChI=1S/C16H18O2/c1-5-17-11-13(3)15-9-7-8-10-16(15)14(4)12-18-6-2/h5-10H,1-4,11-12H2. The van der Waals surface area contributed by atoms with Gasteiger partial charge < -0.3 is 9.47 Å². The highest BCUT2D eigenvalue weighted by atomic mass is 16.5. The van der Waals surface area contributed by atoms with Gasteiger partial charge in [0.05, 0.1) is 12.5 Å². The van der Waals surface area contributed by atoms with Crippen LogP contribution in [0, 0.1) is 0 Å². The lowest BCUT2D eigenvalue weighted by atomic mass is 9.96. The molecule has 0 saturated heterocycles. The molecule has 0 bridgehead atoms. The first-order valence-corrected chi connectivity index (χ1v) is 5.61. The minimum Gasteiger partial charge on any atom is -0.497 e. The van der Waals surface area contributed by atoms with Crippen LogP contribution in [0.4, 0.5) is 0 Å². The van der Waals surface area contributed by atoms with Gasteiger partial charge in [0, 0.05) is 0 Å². The first-order chi connectivity index (χ1) is 8.70. The van der Waals surface area contributed by atoms with Crippen molar-refractivity contribution in [2.75, 3.05) is 13.2 Å². The molecule has 2 nitrogen and oxygen atoms in total. The lowest BCUT2D eigenvalue weighted by molar-refractivity contribution is 0.296. The van der Waals surface area contributed by atoms with Crippen molar-refractivity contribution >= 4 is 11.1 Å². The summed E-state index contributed by atoms with van der Waals surface area (Å²) in [7, 11) is 0. The summed E-state index contributed by atoms with van der Waals surface area (Å²) in [5.74, 6) is 0. The third-order valence-electron chi connectivity index (χ3n) is 2.44. The van der Waals surface area contributed by atoms with Crippen molar-refractivity contribution in [2.24, 2.45) is 0 Å². The van der Waals surface area contributed by atoms with Crippen molar-refractivity contribution in [3.63, 3.8) is 0 Å². The highest BCUT2D eigenvalue weighted by molar-refractivity contribution is 5.78. The largest absolute Gasteiger partial charge is 0.497 e. The van der Waals surface area contributed by atoms with Gasteiger partial charge in [-0.3, -0.25) is 0 Å². The molecule has 1 aromatic carbocycles. The molecule has 1 aromatic rings. The monoisotopic (exact) mass is 242 g/mol. The predicted molar refractivity (Wildman–Crippen MR) is 76.8 cm³/mol. The van der Waals surface area contributed by atoms with Crippen molar-refractivity contribution in [1.82, 2.24) is 0 Å². The maximum Gasteiger partial charge on any atom is 0.112 e. The van der Waals surface area contributed by atoms with Crippen LogP contribution in [0.3, 0.4) is 0 Å². The average molecular weight is 242 g/mol. The van der Waals surface area contributed by atoms with Gasteiger partial charge in [0.15, 0.2) is 0 Å². The van der Waals surface area contributed by atoms with E-state index in [0.29, 0.717) is 13.2 Å². The van der Waals surface area contributed by atoms with Gasteiger partial charge in [0.2, 0.25) is 0 Å². The molecule has 0 radical (unpaired) electrons. The van der Waals surface area contributed by atoms with E-state index < -0.39 is 0 Å². The highest BCUT2D eigenvalue weighted by Gasteiger charge is 2.08. The van der Waals surface area contributed by atoms with E-state index >= 15 is 0 Å². The van der Waals surface area contributed by atoms with Gasteiger partial charge in [-0.05, 0) is 22.3 Å². The van der Waals surface area contributed by atoms with Crippen molar-refractivity contribution in [3.8, 4) is 0 Å². The predicted octanol–water partition coefficient (Wildman–Crippen LogP) is 4.03. The highest BCUT2D eigenvalue weighted by Crippen LogP contribution is 2.24. The number of hydrogen-bond acceptors (Lipinski definition) is 2. The van der Waals surface area contributed by atoms with Crippen LogP contribution in [0.25, 0.3) is 11.1 Å². The molecule has 0 aliphatic carbocycles. The molecule has 0 spiro atoms. The maximum atomic E-state index is 5.15. The number of ether oxygens (including phenoxy) is 2. The Balaban J connectivity index is 2.91. The van der Waals surface area contributed by atoms with Gasteiger partial charge >= 0.3 is 0 Å². The Kier molecular flexibility index (Phi) is 5.52. The van der Waals surface area contributed by atoms with Gasteiger partial charge in [-0.25, -0.2) is 0 Å². The van der Waals surface area contributed by atoms with Crippen LogP contribution in [0.2, 0.25) is 0 Å². The zero-order valence-electron chi connectivity index (χ0n) is 10.5. The summed E-state index contributed by atoms with van der Waals surface area (Å²) in [4.78, 5) is 0. The van der Waals surface area contributed by atoms with Crippen LogP contribution in [0.5, 0.6) is 0 Å². The number of benzene rings is 1. The van der Waals surface area contributed by atoms with E-state index in [2.05, 4.69) is 26.3 Å². The van der Waals surface area contributed by atoms with Gasteiger partial charge in [-0.15, -0.1) is 0 Å². The van der Waals surface area contributed by atoms with Crippen molar-refractivity contribution < 1.29 is 9.47 Å². The van der Waals surface area contributed by atoms with Gasteiger partial charge in [-0.1, -0.05) is 50.6 Å². The van der Waals surface area contributed by atoms with Gasteiger partial charge in [0.25, 0.3) is 0 Å². The number of hydrogen-bond donors (Lipinski definition) is 0. The molecule has 0 N–H and O–H groups in total. The molecule has 0 unspecified atom stereocenters. The molecular weight excluding hydrogens is 224 g/mol. The molecule has 0 aliphatic heterocycles. The first-order valence-electron chi connectivity index (χ1n) is 5.61. The maximum absolute atomic E-state index is 5.15. The fourth-order valence-corrected chi connectivity index (χ4v) is 1.57. The average Bonchev–Trinajstić information content (AvgIpc) is 2.42. The second-order valence-electron chi connectivity index (χ2n) is 3.71. The molecule has 0 heterocycles. The minimum absolute atomic E-state index is 0.413. The third kappa shape index (κ3) is 3.67. The summed E-state index contributed by atoms with van der Waals surface area (Å²) in [6.45, 7) is 15.9. The van der Waals surface area contributed by atoms with E-state index in [-0.39, 0.29) is 0 Å². The van der Waals surface area contributed by atoms with Crippen LogP contribution in [0.1, 0.15) is 11.1 Å². The Morgan fingerprint density at radius 1 is 0.889 bits per heavy atom. The molecule has 0 amide bonds. The molecule has 18 heavy (non-hydrogen) atoms. The number of rotatable bonds is 8. The molecule has 94 valence electrons. The Labute approximate surface area is 109 Å². The van der Waals surface area contributed by atoms with Crippen LogP contribution in [-0.2, 0) is 9.47 Å². The zero-order valence-corrected chi connectivity index (χ0v) is 10.5. The SMILES string of the molecule is C=COCC(=C)c1ccccc1C(=C)COC=C. The second kappa shape index (κ2) is 7.17. The fourth-order valence-electron chi connectivity index (χ4n) is 1.57. The van der Waals surface area contributed by atoms with E-state index in [1.165, 1.54) is 12.5 Å². The van der Waals surface area contributed by atoms with Crippen molar-refractivity contribution in [3.05, 3.63) is 74.2 Å². The Morgan fingerprint density at radius 3 is 1.61 bits per heavy atom. The second-order valence-corrected chi connectivity index (χ2v) is 3.71. The fraction of sp³-hybridized carbons (Fsp3) is 0.125. The molecule has 0 saturated carbocycles. The van der Waals surface area contributed by atoms with Gasteiger partial charge in [-0.2, -0.15) is 0 Å². The summed E-state index contributed by atoms with van der Waals surface area (Å²) < 4.78 is 10.3. The van der Waals surface area contributed by atoms with E-state index in [4.69, 9.17) is 9.47 Å². The molecule has 0 aliphatic rings. The van der Waals surface area contributed by atoms with Crippen LogP contribution in [-0.4, -0.2) is 13.2 Å². The van der Waals surface area contributed by atoms with Crippen LogP contribution < -0.4 is 0 Å². The summed E-state index contributed by atoms with van der Waals surface area (Å²) >= 11 is 0. The zero-order chi connectivity index (χ0) is 13.4. The summed E-state index contributed by atoms with van der Waals surface area (Å²) in [6.07, 6.45) is 2.81. The minimum atomic E-state index is 0.413. The van der Waals surface area contributed by atoms with Crippen molar-refractivity contribution in [2.45, 2.75) is 0 Å². The van der Waals surface area contributed by atoms with E-state index in [1.54, 1.807) is 0 Å². The lowest BCUT2D eigenvalue weighted by Gasteiger charge is -2.13. The Bertz CT molecular complexity index is 415. The smallest absolute Gasteiger partial charge is 0.112 e. The molecule has 2 heteroatoms. The van der Waals surface area contributed by atoms with Gasteiger partial charge in [0.1, 0.15) is 13.2 Å². The quantitative estimate of drug-likeness (QED) is 0.641. The summed E-state index contributed by atoms with van der Waals surface area (Å²) in [6, 6.07) is 7.89. The van der Waals surface area contributed by atoms with E-state index in [9.17, 15) is 0 Å². The molecule has 0 fully saturated rings. The molecule has 0 aromatic heterocycles. The normalized spacial score (nSPS) is 9.33. The summed E-state index contributed by atoms with van der Waals surface area (Å²) in [5, 5.41) is 0. The lowest BCUT2D eigenvalue weighted by Crippen LogP contribution is -1.99. The first kappa shape index (κ1) is 13.8. The van der Waals surface area contributed by atoms with E-state index in [0.717, 1.165) is 22.3 Å². The molecule has 1 rings (SSSR count). The Morgan fingerprint density at radius 2 is 1.28 bits per heavy atom.